The second-order valence-corrected chi connectivity index (χ2v) is 2.81. The third-order valence-electron chi connectivity index (χ3n) is 1.73. The minimum Gasteiger partial charge on any atom is -0.508 e. The van der Waals surface area contributed by atoms with E-state index in [1.54, 1.807) is 18.5 Å². The van der Waals surface area contributed by atoms with Gasteiger partial charge in [-0.3, -0.25) is 0 Å². The zero-order valence-corrected chi connectivity index (χ0v) is 8.48. The van der Waals surface area contributed by atoms with Crippen LogP contribution in [0.15, 0.2) is 36.7 Å². The molecule has 78 valence electrons. The zero-order valence-electron chi connectivity index (χ0n) is 7.66. The lowest BCUT2D eigenvalue weighted by molar-refractivity contribution is 0.451. The summed E-state index contributed by atoms with van der Waals surface area (Å²) >= 11 is 0. The molecule has 1 aromatic carbocycles. The van der Waals surface area contributed by atoms with Crippen LogP contribution in [0.2, 0.25) is 0 Å². The molecule has 0 aliphatic heterocycles. The molecule has 0 amide bonds. The third-order valence-corrected chi connectivity index (χ3v) is 1.73. The van der Waals surface area contributed by atoms with Crippen LogP contribution in [0.4, 0.5) is 0 Å². The van der Waals surface area contributed by atoms with Gasteiger partial charge in [0.15, 0.2) is 5.82 Å². The molecule has 0 saturated carbocycles. The van der Waals surface area contributed by atoms with E-state index in [1.807, 2.05) is 0 Å². The average Bonchev–Trinajstić information content (AvgIpc) is 2.18. The van der Waals surface area contributed by atoms with Gasteiger partial charge >= 0.3 is 0 Å². The first-order chi connectivity index (χ1) is 6.75. The molecule has 5 heteroatoms. The van der Waals surface area contributed by atoms with Crippen molar-refractivity contribution >= 4 is 12.4 Å². The molecule has 2 N–H and O–H groups in total. The molecule has 0 radical (unpaired) electrons. The van der Waals surface area contributed by atoms with Crippen molar-refractivity contribution in [2.75, 3.05) is 0 Å². The molecule has 15 heavy (non-hydrogen) atoms. The van der Waals surface area contributed by atoms with Gasteiger partial charge in [-0.25, -0.2) is 9.97 Å². The summed E-state index contributed by atoms with van der Waals surface area (Å²) in [6.07, 6.45) is 3.20. The Bertz CT molecular complexity index is 428. The van der Waals surface area contributed by atoms with E-state index in [9.17, 15) is 10.2 Å². The molecule has 1 aromatic heterocycles. The fourth-order valence-electron chi connectivity index (χ4n) is 1.17. The first-order valence-electron chi connectivity index (χ1n) is 4.06. The Kier molecular flexibility index (Phi) is 3.46. The summed E-state index contributed by atoms with van der Waals surface area (Å²) < 4.78 is 0. The van der Waals surface area contributed by atoms with Gasteiger partial charge in [-0.1, -0.05) is 0 Å². The summed E-state index contributed by atoms with van der Waals surface area (Å²) in [4.78, 5) is 8.00. The number of halogens is 1. The highest BCUT2D eigenvalue weighted by molar-refractivity contribution is 5.85. The van der Waals surface area contributed by atoms with E-state index < -0.39 is 0 Å². The fraction of sp³-hybridized carbons (Fsp3) is 0. The molecule has 0 atom stereocenters. The van der Waals surface area contributed by atoms with Crippen LogP contribution >= 0.6 is 12.4 Å². The van der Waals surface area contributed by atoms with Gasteiger partial charge in [-0.05, 0) is 18.2 Å². The van der Waals surface area contributed by atoms with E-state index in [-0.39, 0.29) is 23.9 Å². The van der Waals surface area contributed by atoms with Crippen molar-refractivity contribution in [3.05, 3.63) is 36.7 Å². The SMILES string of the molecule is Cl.Oc1cc(O)cc(-c2ncccn2)c1. The Morgan fingerprint density at radius 3 is 1.93 bits per heavy atom. The summed E-state index contributed by atoms with van der Waals surface area (Å²) in [6.45, 7) is 0. The van der Waals surface area contributed by atoms with Crippen molar-refractivity contribution in [3.8, 4) is 22.9 Å². The number of aromatic nitrogens is 2. The number of aromatic hydroxyl groups is 2. The van der Waals surface area contributed by atoms with Gasteiger partial charge < -0.3 is 10.2 Å². The number of benzene rings is 1. The van der Waals surface area contributed by atoms with Crippen molar-refractivity contribution in [2.24, 2.45) is 0 Å². The van der Waals surface area contributed by atoms with Crippen molar-refractivity contribution < 1.29 is 10.2 Å². The van der Waals surface area contributed by atoms with Crippen molar-refractivity contribution in [1.29, 1.82) is 0 Å². The highest BCUT2D eigenvalue weighted by atomic mass is 35.5. The molecule has 2 rings (SSSR count). The summed E-state index contributed by atoms with van der Waals surface area (Å²) in [5, 5.41) is 18.5. The molecule has 0 spiro atoms. The Hall–Kier alpha value is -1.81. The molecule has 0 fully saturated rings. The van der Waals surface area contributed by atoms with Crippen LogP contribution in [-0.2, 0) is 0 Å². The lowest BCUT2D eigenvalue weighted by Crippen LogP contribution is -1.86. The second-order valence-electron chi connectivity index (χ2n) is 2.81. The van der Waals surface area contributed by atoms with Crippen LogP contribution in [0.3, 0.4) is 0 Å². The Morgan fingerprint density at radius 1 is 0.867 bits per heavy atom. The predicted molar refractivity (Wildman–Crippen MR) is 58.0 cm³/mol. The first kappa shape index (κ1) is 11.3. The Morgan fingerprint density at radius 2 is 1.40 bits per heavy atom. The number of phenols is 2. The molecule has 0 bridgehead atoms. The smallest absolute Gasteiger partial charge is 0.159 e. The minimum absolute atomic E-state index is 0. The third kappa shape index (κ3) is 2.57. The van der Waals surface area contributed by atoms with Crippen LogP contribution in [-0.4, -0.2) is 20.2 Å². The van der Waals surface area contributed by atoms with Crippen molar-refractivity contribution in [2.45, 2.75) is 0 Å². The van der Waals surface area contributed by atoms with Crippen LogP contribution in [0.1, 0.15) is 0 Å². The molecule has 1 heterocycles. The van der Waals surface area contributed by atoms with E-state index >= 15 is 0 Å². The summed E-state index contributed by atoms with van der Waals surface area (Å²) in [6, 6.07) is 5.95. The average molecular weight is 225 g/mol. The minimum atomic E-state index is -0.00699. The first-order valence-corrected chi connectivity index (χ1v) is 4.06. The van der Waals surface area contributed by atoms with E-state index in [2.05, 4.69) is 9.97 Å². The van der Waals surface area contributed by atoms with E-state index in [0.717, 1.165) is 0 Å². The van der Waals surface area contributed by atoms with Gasteiger partial charge in [0.2, 0.25) is 0 Å². The molecule has 0 aliphatic carbocycles. The Balaban J connectivity index is 0.00000112. The van der Waals surface area contributed by atoms with Crippen LogP contribution < -0.4 is 0 Å². The van der Waals surface area contributed by atoms with Crippen molar-refractivity contribution in [3.63, 3.8) is 0 Å². The topological polar surface area (TPSA) is 66.2 Å². The van der Waals surface area contributed by atoms with Crippen LogP contribution in [0.5, 0.6) is 11.5 Å². The zero-order chi connectivity index (χ0) is 9.97. The summed E-state index contributed by atoms with van der Waals surface area (Å²) in [5.74, 6) is 0.457. The van der Waals surface area contributed by atoms with Gasteiger partial charge in [0, 0.05) is 24.0 Å². The maximum atomic E-state index is 9.24. The van der Waals surface area contributed by atoms with E-state index in [1.165, 1.54) is 18.2 Å². The predicted octanol–water partition coefficient (Wildman–Crippen LogP) is 1.98. The lowest BCUT2D eigenvalue weighted by atomic mass is 10.2. The van der Waals surface area contributed by atoms with Gasteiger partial charge in [0.25, 0.3) is 0 Å². The van der Waals surface area contributed by atoms with Gasteiger partial charge in [0.1, 0.15) is 11.5 Å². The highest BCUT2D eigenvalue weighted by Crippen LogP contribution is 2.25. The monoisotopic (exact) mass is 224 g/mol. The molecular weight excluding hydrogens is 216 g/mol. The van der Waals surface area contributed by atoms with Crippen LogP contribution in [0.25, 0.3) is 11.4 Å². The normalized spacial score (nSPS) is 9.33. The van der Waals surface area contributed by atoms with E-state index in [4.69, 9.17) is 0 Å². The largest absolute Gasteiger partial charge is 0.508 e. The number of phenolic OH excluding ortho intramolecular Hbond substituents is 2. The summed E-state index contributed by atoms with van der Waals surface area (Å²) in [5.41, 5.74) is 0.586. The van der Waals surface area contributed by atoms with Gasteiger partial charge in [-0.2, -0.15) is 0 Å². The molecule has 0 unspecified atom stereocenters. The fourth-order valence-corrected chi connectivity index (χ4v) is 1.17. The highest BCUT2D eigenvalue weighted by Gasteiger charge is 2.03. The van der Waals surface area contributed by atoms with Gasteiger partial charge in [0.05, 0.1) is 0 Å². The molecule has 0 saturated heterocycles. The lowest BCUT2D eigenvalue weighted by Gasteiger charge is -2.01. The van der Waals surface area contributed by atoms with E-state index in [0.29, 0.717) is 11.4 Å². The molecule has 4 nitrogen and oxygen atoms in total. The maximum Gasteiger partial charge on any atom is 0.159 e. The molecule has 2 aromatic rings. The Labute approximate surface area is 92.7 Å². The number of nitrogens with zero attached hydrogens (tertiary/aromatic N) is 2. The standard InChI is InChI=1S/C10H8N2O2.ClH/c13-8-4-7(5-9(14)6-8)10-11-2-1-3-12-10;/h1-6,13-14H;1H. The van der Waals surface area contributed by atoms with Gasteiger partial charge in [-0.15, -0.1) is 12.4 Å². The number of rotatable bonds is 1. The van der Waals surface area contributed by atoms with Crippen molar-refractivity contribution in [1.82, 2.24) is 9.97 Å². The molecular formula is C10H9ClN2O2. The number of hydrogen-bond donors (Lipinski definition) is 2. The number of hydrogen-bond acceptors (Lipinski definition) is 4. The quantitative estimate of drug-likeness (QED) is 0.777. The maximum absolute atomic E-state index is 9.24. The summed E-state index contributed by atoms with van der Waals surface area (Å²) in [7, 11) is 0. The molecule has 0 aliphatic rings. The van der Waals surface area contributed by atoms with Crippen LogP contribution in [0, 0.1) is 0 Å². The second kappa shape index (κ2) is 4.61.